The Kier molecular flexibility index (Phi) is 28.9. The van der Waals surface area contributed by atoms with Crippen LogP contribution in [-0.2, 0) is 74.9 Å². The Morgan fingerprint density at radius 3 is 1.95 bits per heavy atom. The zero-order valence-corrected chi connectivity index (χ0v) is 75.4. The molecule has 38 nitrogen and oxygen atoms in total. The summed E-state index contributed by atoms with van der Waals surface area (Å²) in [5.41, 5.74) is 8.24. The number of sulfonamides is 1. The van der Waals surface area contributed by atoms with E-state index >= 15 is 28.8 Å². The average Bonchev–Trinajstić information content (AvgIpc) is 1.54. The molecule has 15 bridgehead atoms. The van der Waals surface area contributed by atoms with Crippen LogP contribution in [-0.4, -0.2) is 220 Å². The van der Waals surface area contributed by atoms with Crippen LogP contribution in [0, 0.1) is 29.6 Å². The molecule has 7 heterocycles. The van der Waals surface area contributed by atoms with Crippen molar-refractivity contribution in [1.82, 2.24) is 52.6 Å². The van der Waals surface area contributed by atoms with Crippen LogP contribution in [0.25, 0.3) is 11.1 Å². The van der Waals surface area contributed by atoms with Crippen LogP contribution in [0.2, 0.25) is 10.0 Å². The number of hydrogen-bond donors (Lipinski definition) is 21. The second-order valence-electron chi connectivity index (χ2n) is 36.4. The molecule has 18 rings (SSSR count). The molecule has 0 aromatic heterocycles. The lowest BCUT2D eigenvalue weighted by Gasteiger charge is -2.54. The van der Waals surface area contributed by atoms with Crippen LogP contribution >= 0.6 is 23.2 Å². The number of phenolic OH excluding ortho intramolecular Hbond substituents is 1. The number of likely N-dealkylation sites (N-methyl/N-ethyl adjacent to an activating group) is 1. The van der Waals surface area contributed by atoms with Gasteiger partial charge in [0, 0.05) is 54.3 Å². The molecule has 6 aromatic carbocycles. The molecule has 0 radical (unpaired) electrons. The predicted molar refractivity (Wildman–Crippen MR) is 471 cm³/mol. The third-order valence-corrected chi connectivity index (χ3v) is 28.5. The van der Waals surface area contributed by atoms with E-state index in [0.717, 1.165) is 81.7 Å². The van der Waals surface area contributed by atoms with Crippen molar-refractivity contribution in [2.75, 3.05) is 33.4 Å². The number of unbranched alkanes of at least 4 members (excludes halogenated alkanes) is 2. The highest BCUT2D eigenvalue weighted by Crippen LogP contribution is 2.57. The number of aliphatic hydroxyl groups is 8. The number of ether oxygens (including phenoxy) is 7. The molecule has 41 heteroatoms. The van der Waals surface area contributed by atoms with E-state index < -0.39 is 237 Å². The third-order valence-electron chi connectivity index (χ3n) is 26.4. The summed E-state index contributed by atoms with van der Waals surface area (Å²) in [5, 5.41) is 134. The van der Waals surface area contributed by atoms with Gasteiger partial charge >= 0.3 is 0 Å². The molecule has 18 atom stereocenters. The molecule has 16 unspecified atom stereocenters. The van der Waals surface area contributed by atoms with Gasteiger partial charge in [-0.05, 0) is 207 Å². The first-order valence-corrected chi connectivity index (χ1v) is 46.5. The zero-order chi connectivity index (χ0) is 94.6. The monoisotopic (exact) mass is 1890 g/mol. The first-order chi connectivity index (χ1) is 62.7. The van der Waals surface area contributed by atoms with Crippen LogP contribution in [0.3, 0.4) is 0 Å². The van der Waals surface area contributed by atoms with E-state index in [-0.39, 0.29) is 110 Å². The molecular weight excluding hydrogens is 1780 g/mol. The van der Waals surface area contributed by atoms with Gasteiger partial charge in [0.05, 0.1) is 52.8 Å². The highest BCUT2D eigenvalue weighted by molar-refractivity contribution is 7.89. The number of aromatic hydroxyl groups is 1. The van der Waals surface area contributed by atoms with Gasteiger partial charge in [0.1, 0.15) is 89.8 Å². The number of nitrogens with two attached hydrogens (primary N) is 2. The van der Waals surface area contributed by atoms with E-state index in [2.05, 4.69) is 59.5 Å². The van der Waals surface area contributed by atoms with Crippen LogP contribution < -0.4 is 83.0 Å². The van der Waals surface area contributed by atoms with Crippen LogP contribution in [0.1, 0.15) is 180 Å². The Hall–Kier alpha value is -9.99. The normalized spacial score (nSPS) is 30.2. The Balaban J connectivity index is 0.895. The Morgan fingerprint density at radius 2 is 1.33 bits per heavy atom. The molecule has 8 amide bonds. The zero-order valence-electron chi connectivity index (χ0n) is 73.1. The topological polar surface area (TPSA) is 590 Å². The maximum Gasteiger partial charge on any atom is 0.248 e. The average molecular weight is 1890 g/mol. The van der Waals surface area contributed by atoms with Crippen molar-refractivity contribution in [3.8, 4) is 51.4 Å². The lowest BCUT2D eigenvalue weighted by atomic mass is 9.54. The largest absolute Gasteiger partial charge is 0.508 e. The van der Waals surface area contributed by atoms with Crippen molar-refractivity contribution < 1.29 is 126 Å². The highest BCUT2D eigenvalue weighted by atomic mass is 35.5. The first kappa shape index (κ1) is 96.6. The SMILES string of the molecule is CCCCCOc1ccc(S(=O)(=O)NCCNCc2c(O)cc3c4c2C(O)(O)c2ccc(cc2-4)C2NC(=O)C4NC(=O)C(CC(N)=O)NC(=O)C(NC(=O)C(CC(C)C)NC)C(O)c5ccc(c(Cl)c5)Oc5cc4cc(c5OC4OC(CO)C(O)C(O)C4OC4C[C@](C)(N)C(O)C(C)O4)Oc4ccc(cc4Cl)C(O)C(NC2=O)C(=O)N[C@@H]3C(=O)NC2C3CC4CC(C3)CC2C4)cc1. The molecule has 12 aliphatic rings. The summed E-state index contributed by atoms with van der Waals surface area (Å²) in [6.45, 7) is 7.31. The van der Waals surface area contributed by atoms with Crippen molar-refractivity contribution >= 4 is 80.5 Å². The maximum atomic E-state index is 16.7. The molecule has 4 saturated carbocycles. The fraction of sp³-hybridized carbons (Fsp3) is 0.516. The number of phenols is 1. The molecule has 0 spiro atoms. The third kappa shape index (κ3) is 20.1. The summed E-state index contributed by atoms with van der Waals surface area (Å²) in [4.78, 5) is 124. The molecule has 6 fully saturated rings. The van der Waals surface area contributed by atoms with Gasteiger partial charge in [-0.3, -0.25) is 38.4 Å². The van der Waals surface area contributed by atoms with Crippen molar-refractivity contribution in [2.24, 2.45) is 41.1 Å². The van der Waals surface area contributed by atoms with Gasteiger partial charge in [-0.1, -0.05) is 81.1 Å². The van der Waals surface area contributed by atoms with Crippen molar-refractivity contribution in [3.63, 3.8) is 0 Å². The molecule has 2 saturated heterocycles. The van der Waals surface area contributed by atoms with Crippen molar-refractivity contribution in [1.29, 1.82) is 0 Å². The lowest BCUT2D eigenvalue weighted by Crippen LogP contribution is -2.64. The van der Waals surface area contributed by atoms with Gasteiger partial charge in [-0.2, -0.15) is 0 Å². The number of fused-ring (bicyclic) bond motifs is 12. The molecule has 5 aliphatic carbocycles. The molecule has 23 N–H and O–H groups in total. The maximum absolute atomic E-state index is 16.7. The van der Waals surface area contributed by atoms with E-state index in [1.807, 2.05) is 13.8 Å². The number of halogens is 2. The lowest BCUT2D eigenvalue weighted by molar-refractivity contribution is -0.333. The number of carbonyl (C=O) groups excluding carboxylic acids is 8. The number of rotatable bonds is 26. The van der Waals surface area contributed by atoms with E-state index in [1.54, 1.807) is 0 Å². The smallest absolute Gasteiger partial charge is 0.248 e. The van der Waals surface area contributed by atoms with Gasteiger partial charge < -0.3 is 138 Å². The number of carbonyl (C=O) groups is 8. The highest BCUT2D eigenvalue weighted by Gasteiger charge is 2.55. The van der Waals surface area contributed by atoms with E-state index in [0.29, 0.717) is 24.2 Å². The summed E-state index contributed by atoms with van der Waals surface area (Å²) in [7, 11) is -2.67. The minimum atomic E-state index is -4.15. The van der Waals surface area contributed by atoms with Gasteiger partial charge in [-0.15, -0.1) is 0 Å². The fourth-order valence-electron chi connectivity index (χ4n) is 19.9. The quantitative estimate of drug-likeness (QED) is 0.0274. The summed E-state index contributed by atoms with van der Waals surface area (Å²) in [6.07, 6.45) is -11.8. The molecular formula is C91H112Cl2N12O26S. The number of aliphatic hydroxyl groups excluding tert-OH is 6. The van der Waals surface area contributed by atoms with Crippen LogP contribution in [0.5, 0.6) is 40.2 Å². The molecule has 6 aromatic rings. The van der Waals surface area contributed by atoms with Gasteiger partial charge in [0.25, 0.3) is 0 Å². The molecule has 7 aliphatic heterocycles. The van der Waals surface area contributed by atoms with Crippen molar-refractivity contribution in [2.45, 2.75) is 238 Å². The second-order valence-corrected chi connectivity index (χ2v) is 39.0. The minimum Gasteiger partial charge on any atom is -0.508 e. The van der Waals surface area contributed by atoms with Gasteiger partial charge in [-0.25, -0.2) is 13.1 Å². The Labute approximate surface area is 770 Å². The van der Waals surface area contributed by atoms with Gasteiger partial charge in [0.15, 0.2) is 23.9 Å². The summed E-state index contributed by atoms with van der Waals surface area (Å²) >= 11 is 14.5. The molecule has 132 heavy (non-hydrogen) atoms. The number of nitrogens with one attached hydrogen (secondary N) is 10. The fourth-order valence-corrected chi connectivity index (χ4v) is 21.3. The number of benzene rings is 6. The number of hydrogen-bond acceptors (Lipinski definition) is 29. The first-order valence-electron chi connectivity index (χ1n) is 44.3. The van der Waals surface area contributed by atoms with Crippen LogP contribution in [0.15, 0.2) is 102 Å². The standard InChI is InChI=1S/C91H112Cl2N12O26S/c1-7-8-9-22-125-49-13-15-50(16-14-49)132(123,124)98-21-20-97-37-53-59(107)34-52-67-51-29-43(10-17-54(51)91(121,122)68(53)67)70-84(116)105-74(88(120)103-72(52)86(118)100-69-46-25-41-24-42(27-46)28-47(69)26-41)76(110)45-12-19-61(56(93)31-45)128-63-33-48-32-62(79(63)131-89-80(78(112)77(111)64(38-106)129-89)130-66-36-90(5,95)81(113)40(4)126-66)127-60-18-11-44(30-55(60)92)75(109)73(104-82(114)57(96-6)23-39(2)3)87(119)99-58(35-65(94)108)83(115)101-71(48)85(117)102-70/h10-19,29-34,39-42,46-47,57-58,64,66,69-78,80-81,89,96-98,106-107,109-113,121-122H,7-9,20-28,35-38,95H2,1-6H3,(H2,94,108)(H,99,119)(H,100,118)(H,101,115)(H,102,117)(H,103,120)(H,104,114)(H,105,116)/t40?,41?,42?,46?,47?,57?,58?,64?,66?,69?,70?,71?,72-,73?,74?,75?,76?,77?,78?,80?,81?,89?,90-/m0/s1. The Morgan fingerprint density at radius 1 is 0.705 bits per heavy atom. The summed E-state index contributed by atoms with van der Waals surface area (Å²) in [5.74, 6) is -15.0. The summed E-state index contributed by atoms with van der Waals surface area (Å²) in [6, 6.07) is 5.31. The van der Waals surface area contributed by atoms with Crippen LogP contribution in [0.4, 0.5) is 0 Å². The van der Waals surface area contributed by atoms with Crippen molar-refractivity contribution in [3.05, 3.63) is 152 Å². The minimum absolute atomic E-state index is 0.0100. The predicted octanol–water partition coefficient (Wildman–Crippen LogP) is 2.69. The van der Waals surface area contributed by atoms with Gasteiger partial charge in [0.2, 0.25) is 75.1 Å². The number of primary amides is 1. The van der Waals surface area contributed by atoms with E-state index in [4.69, 9.17) is 67.8 Å². The molecule has 712 valence electrons. The second kappa shape index (κ2) is 39.5. The van der Waals surface area contributed by atoms with E-state index in [9.17, 15) is 64.0 Å². The van der Waals surface area contributed by atoms with E-state index in [1.165, 1.54) is 87.6 Å². The Bertz CT molecular complexity index is 5500. The summed E-state index contributed by atoms with van der Waals surface area (Å²) < 4.78 is 74.8. The number of amides is 8.